The van der Waals surface area contributed by atoms with E-state index in [0.29, 0.717) is 38.8 Å². The van der Waals surface area contributed by atoms with Gasteiger partial charge in [0.1, 0.15) is 5.75 Å². The van der Waals surface area contributed by atoms with E-state index in [2.05, 4.69) is 10.2 Å². The molecule has 0 saturated carbocycles. The fourth-order valence-electron chi connectivity index (χ4n) is 3.88. The van der Waals surface area contributed by atoms with Gasteiger partial charge in [0.25, 0.3) is 5.56 Å². The molecule has 2 aromatic heterocycles. The maximum Gasteiger partial charge on any atom is 0.267 e. The van der Waals surface area contributed by atoms with Gasteiger partial charge in [0, 0.05) is 11.6 Å². The number of ether oxygens (including phenoxy) is 1. The van der Waals surface area contributed by atoms with Crippen molar-refractivity contribution < 1.29 is 9.53 Å². The molecule has 0 aliphatic rings. The lowest BCUT2D eigenvalue weighted by molar-refractivity contribution is 0.102. The first-order valence-electron chi connectivity index (χ1n) is 10.7. The van der Waals surface area contributed by atoms with Crippen LogP contribution in [0.5, 0.6) is 5.75 Å². The smallest absolute Gasteiger partial charge is 0.267 e. The third-order valence-corrected chi connectivity index (χ3v) is 6.80. The van der Waals surface area contributed by atoms with Gasteiger partial charge in [-0.1, -0.05) is 42.1 Å². The number of benzene rings is 3. The topological polar surface area (TPSA) is 78.5 Å². The van der Waals surface area contributed by atoms with E-state index in [1.54, 1.807) is 19.2 Å². The highest BCUT2D eigenvalue weighted by molar-refractivity contribution is 7.99. The number of thioether (sulfide) groups is 1. The number of Topliss-reactive ketones (excluding diaryl/α,β-unsaturated/α-hetero) is 1. The summed E-state index contributed by atoms with van der Waals surface area (Å²) in [6.45, 7) is 4.02. The molecular weight excluding hydrogens is 448 g/mol. The highest BCUT2D eigenvalue weighted by Crippen LogP contribution is 2.25. The molecule has 0 aliphatic heterocycles. The maximum atomic E-state index is 13.4. The summed E-state index contributed by atoms with van der Waals surface area (Å²) < 4.78 is 8.69. The molecule has 2 heterocycles. The first-order valence-corrected chi connectivity index (χ1v) is 11.7. The average molecular weight is 471 g/mol. The Bertz CT molecular complexity index is 1620. The summed E-state index contributed by atoms with van der Waals surface area (Å²) in [4.78, 5) is 26.3. The summed E-state index contributed by atoms with van der Waals surface area (Å²) in [7, 11) is 1.58. The van der Waals surface area contributed by atoms with Gasteiger partial charge < -0.3 is 4.74 Å². The number of aromatic nitrogens is 4. The quantitative estimate of drug-likeness (QED) is 0.266. The van der Waals surface area contributed by atoms with Crippen molar-refractivity contribution in [2.75, 3.05) is 12.9 Å². The van der Waals surface area contributed by atoms with Crippen LogP contribution >= 0.6 is 11.8 Å². The van der Waals surface area contributed by atoms with Crippen molar-refractivity contribution in [1.82, 2.24) is 19.2 Å². The zero-order valence-electron chi connectivity index (χ0n) is 19.0. The number of para-hydroxylation sites is 1. The van der Waals surface area contributed by atoms with Crippen molar-refractivity contribution in [2.45, 2.75) is 19.0 Å². The zero-order valence-corrected chi connectivity index (χ0v) is 19.8. The second kappa shape index (κ2) is 8.79. The molecule has 0 atom stereocenters. The predicted molar refractivity (Wildman–Crippen MR) is 134 cm³/mol. The molecule has 0 aliphatic carbocycles. The van der Waals surface area contributed by atoms with E-state index >= 15 is 0 Å². The number of fused-ring (bicyclic) bond motifs is 3. The highest BCUT2D eigenvalue weighted by atomic mass is 32.2. The Kier molecular flexibility index (Phi) is 5.67. The van der Waals surface area contributed by atoms with Crippen LogP contribution in [0.4, 0.5) is 0 Å². The molecule has 0 amide bonds. The van der Waals surface area contributed by atoms with Crippen molar-refractivity contribution in [3.63, 3.8) is 0 Å². The van der Waals surface area contributed by atoms with E-state index in [1.165, 1.54) is 16.3 Å². The van der Waals surface area contributed by atoms with E-state index in [9.17, 15) is 9.59 Å². The Morgan fingerprint density at radius 2 is 1.79 bits per heavy atom. The van der Waals surface area contributed by atoms with E-state index < -0.39 is 0 Å². The number of hydrogen-bond donors (Lipinski definition) is 0. The van der Waals surface area contributed by atoms with Gasteiger partial charge in [-0.05, 0) is 55.3 Å². The van der Waals surface area contributed by atoms with E-state index in [-0.39, 0.29) is 17.1 Å². The Morgan fingerprint density at radius 1 is 0.971 bits per heavy atom. The van der Waals surface area contributed by atoms with Gasteiger partial charge >= 0.3 is 0 Å². The average Bonchev–Trinajstić information content (AvgIpc) is 3.28. The lowest BCUT2D eigenvalue weighted by Crippen LogP contribution is -2.22. The molecular formula is C26H22N4O3S. The number of ketones is 1. The number of carbonyl (C=O) groups excluding carboxylic acids is 1. The first-order chi connectivity index (χ1) is 16.5. The Balaban J connectivity index is 1.62. The van der Waals surface area contributed by atoms with Gasteiger partial charge in [0.05, 0.1) is 29.5 Å². The minimum atomic E-state index is -0.202. The van der Waals surface area contributed by atoms with Crippen LogP contribution < -0.4 is 10.3 Å². The summed E-state index contributed by atoms with van der Waals surface area (Å²) in [6, 6.07) is 20.3. The van der Waals surface area contributed by atoms with Crippen LogP contribution in [0.15, 0.2) is 76.7 Å². The highest BCUT2D eigenvalue weighted by Gasteiger charge is 2.19. The molecule has 0 unspecified atom stereocenters. The monoisotopic (exact) mass is 470 g/mol. The third-order valence-electron chi connectivity index (χ3n) is 5.87. The van der Waals surface area contributed by atoms with Crippen molar-refractivity contribution >= 4 is 34.2 Å². The van der Waals surface area contributed by atoms with Crippen molar-refractivity contribution in [3.8, 4) is 11.4 Å². The largest absolute Gasteiger partial charge is 0.497 e. The molecule has 0 saturated heterocycles. The molecule has 3 aromatic carbocycles. The zero-order chi connectivity index (χ0) is 23.8. The lowest BCUT2D eigenvalue weighted by Gasteiger charge is -2.12. The van der Waals surface area contributed by atoms with E-state index in [1.807, 2.05) is 72.8 Å². The number of nitrogens with zero attached hydrogens (tertiary/aromatic N) is 4. The van der Waals surface area contributed by atoms with Gasteiger partial charge in [0.2, 0.25) is 5.78 Å². The predicted octanol–water partition coefficient (Wildman–Crippen LogP) is 4.63. The molecule has 0 fully saturated rings. The van der Waals surface area contributed by atoms with Crippen LogP contribution in [-0.4, -0.2) is 37.8 Å². The summed E-state index contributed by atoms with van der Waals surface area (Å²) in [5.74, 6) is 1.22. The fraction of sp³-hybridized carbons (Fsp3) is 0.154. The van der Waals surface area contributed by atoms with Crippen LogP contribution in [-0.2, 0) is 0 Å². The van der Waals surface area contributed by atoms with Gasteiger partial charge in [-0.15, -0.1) is 10.2 Å². The van der Waals surface area contributed by atoms with Crippen molar-refractivity contribution in [3.05, 3.63) is 93.8 Å². The molecule has 34 heavy (non-hydrogen) atoms. The minimum Gasteiger partial charge on any atom is -0.497 e. The SMILES string of the molecule is COc1cccc(-n2c(=O)c3ccccc3n3c(SCC(=O)c4ccc(C)c(C)c4)nnc23)c1. The first kappa shape index (κ1) is 21.9. The van der Waals surface area contributed by atoms with Gasteiger partial charge in [-0.3, -0.25) is 14.0 Å². The molecule has 0 spiro atoms. The number of hydrogen-bond acceptors (Lipinski definition) is 6. The second-order valence-electron chi connectivity index (χ2n) is 7.99. The standard InChI is InChI=1S/C26H22N4O3S/c1-16-11-12-18(13-17(16)2)23(31)15-34-26-28-27-25-29(19-7-6-8-20(14-19)33-3)24(32)21-9-4-5-10-22(21)30(25)26/h4-14H,15H2,1-3H3. The van der Waals surface area contributed by atoms with Crippen LogP contribution in [0.25, 0.3) is 22.4 Å². The Hall–Kier alpha value is -3.91. The molecule has 8 heteroatoms. The fourth-order valence-corrected chi connectivity index (χ4v) is 4.72. The van der Waals surface area contributed by atoms with Gasteiger partial charge in [-0.25, -0.2) is 4.57 Å². The normalized spacial score (nSPS) is 11.3. The van der Waals surface area contributed by atoms with Crippen molar-refractivity contribution in [2.24, 2.45) is 0 Å². The molecule has 0 radical (unpaired) electrons. The van der Waals surface area contributed by atoms with Crippen molar-refractivity contribution in [1.29, 1.82) is 0 Å². The molecule has 5 aromatic rings. The van der Waals surface area contributed by atoms with E-state index in [4.69, 9.17) is 4.74 Å². The van der Waals surface area contributed by atoms with Gasteiger partial charge in [0.15, 0.2) is 10.9 Å². The third kappa shape index (κ3) is 3.76. The van der Waals surface area contributed by atoms with E-state index in [0.717, 1.165) is 11.1 Å². The van der Waals surface area contributed by atoms with Crippen LogP contribution in [0.3, 0.4) is 0 Å². The maximum absolute atomic E-state index is 13.4. The Labute approximate surface area is 200 Å². The van der Waals surface area contributed by atoms with Crippen LogP contribution in [0.2, 0.25) is 0 Å². The lowest BCUT2D eigenvalue weighted by atomic mass is 10.0. The molecule has 170 valence electrons. The minimum absolute atomic E-state index is 0.00951. The van der Waals surface area contributed by atoms with Crippen LogP contribution in [0.1, 0.15) is 21.5 Å². The number of methoxy groups -OCH3 is 1. The summed E-state index contributed by atoms with van der Waals surface area (Å²) in [6.07, 6.45) is 0. The molecule has 0 bridgehead atoms. The number of carbonyl (C=O) groups is 1. The Morgan fingerprint density at radius 3 is 2.59 bits per heavy atom. The summed E-state index contributed by atoms with van der Waals surface area (Å²) in [5, 5.41) is 9.76. The number of rotatable bonds is 6. The summed E-state index contributed by atoms with van der Waals surface area (Å²) in [5.41, 5.74) is 4.00. The molecule has 0 N–H and O–H groups in total. The summed E-state index contributed by atoms with van der Waals surface area (Å²) >= 11 is 1.30. The van der Waals surface area contributed by atoms with Gasteiger partial charge in [-0.2, -0.15) is 0 Å². The second-order valence-corrected chi connectivity index (χ2v) is 8.93. The molecule has 5 rings (SSSR count). The number of aryl methyl sites for hydroxylation is 2. The van der Waals surface area contributed by atoms with Crippen LogP contribution in [0, 0.1) is 13.8 Å². The molecule has 7 nitrogen and oxygen atoms in total.